The van der Waals surface area contributed by atoms with Gasteiger partial charge in [0.05, 0.1) is 0 Å². The molecule has 30 heavy (non-hydrogen) atoms. The van der Waals surface area contributed by atoms with Crippen molar-refractivity contribution in [2.24, 2.45) is 4.99 Å². The fourth-order valence-corrected chi connectivity index (χ4v) is 4.80. The predicted molar refractivity (Wildman–Crippen MR) is 123 cm³/mol. The number of guanidine groups is 1. The van der Waals surface area contributed by atoms with E-state index in [1.807, 2.05) is 37.5 Å². The maximum absolute atomic E-state index is 6.60. The summed E-state index contributed by atoms with van der Waals surface area (Å²) >= 11 is 6.60. The van der Waals surface area contributed by atoms with Gasteiger partial charge in [0.15, 0.2) is 5.96 Å². The molecule has 0 saturated carbocycles. The van der Waals surface area contributed by atoms with Crippen LogP contribution in [-0.4, -0.2) is 68.8 Å². The molecular weight excluding hydrogens is 398 g/mol. The maximum atomic E-state index is 6.60. The minimum Gasteiger partial charge on any atom is -0.381 e. The highest BCUT2D eigenvalue weighted by atomic mass is 35.5. The van der Waals surface area contributed by atoms with Gasteiger partial charge in [-0.25, -0.2) is 4.98 Å². The Balaban J connectivity index is 1.41. The van der Waals surface area contributed by atoms with Crippen LogP contribution >= 0.6 is 11.6 Å². The summed E-state index contributed by atoms with van der Waals surface area (Å²) in [4.78, 5) is 13.7. The van der Waals surface area contributed by atoms with Crippen molar-refractivity contribution in [3.05, 3.63) is 59.2 Å². The number of benzene rings is 1. The van der Waals surface area contributed by atoms with E-state index in [1.54, 1.807) is 0 Å². The highest BCUT2D eigenvalue weighted by Crippen LogP contribution is 2.38. The third-order valence-corrected chi connectivity index (χ3v) is 6.57. The highest BCUT2D eigenvalue weighted by molar-refractivity contribution is 6.31. The molecule has 0 amide bonds. The summed E-state index contributed by atoms with van der Waals surface area (Å²) in [7, 11) is 1.86. The number of aliphatic imine (C=N–C) groups is 1. The number of nitrogens with zero attached hydrogens (tertiary/aromatic N) is 4. The van der Waals surface area contributed by atoms with Crippen molar-refractivity contribution in [1.82, 2.24) is 15.2 Å². The topological polar surface area (TPSA) is 53.0 Å². The van der Waals surface area contributed by atoms with Crippen molar-refractivity contribution in [1.29, 1.82) is 0 Å². The zero-order valence-corrected chi connectivity index (χ0v) is 18.3. The van der Waals surface area contributed by atoms with E-state index in [9.17, 15) is 0 Å². The summed E-state index contributed by atoms with van der Waals surface area (Å²) in [6, 6.07) is 14.3. The Labute approximate surface area is 183 Å². The molecule has 2 saturated heterocycles. The maximum Gasteiger partial charge on any atom is 0.193 e. The lowest BCUT2D eigenvalue weighted by molar-refractivity contribution is 0.0512. The molecule has 0 spiro atoms. The molecule has 1 aromatic carbocycles. The molecule has 0 bridgehead atoms. The van der Waals surface area contributed by atoms with E-state index in [0.717, 1.165) is 75.6 Å². The van der Waals surface area contributed by atoms with Crippen LogP contribution in [0.1, 0.15) is 18.4 Å². The Morgan fingerprint density at radius 1 is 1.10 bits per heavy atom. The number of pyridine rings is 1. The van der Waals surface area contributed by atoms with E-state index in [0.29, 0.717) is 0 Å². The van der Waals surface area contributed by atoms with E-state index < -0.39 is 0 Å². The van der Waals surface area contributed by atoms with Gasteiger partial charge < -0.3 is 19.9 Å². The van der Waals surface area contributed by atoms with Gasteiger partial charge in [0.2, 0.25) is 0 Å². The molecule has 2 aliphatic rings. The third kappa shape index (κ3) is 4.55. The smallest absolute Gasteiger partial charge is 0.193 e. The summed E-state index contributed by atoms with van der Waals surface area (Å²) in [6.07, 6.45) is 3.76. The van der Waals surface area contributed by atoms with Gasteiger partial charge in [-0.1, -0.05) is 35.9 Å². The Bertz CT molecular complexity index is 846. The lowest BCUT2D eigenvalue weighted by Gasteiger charge is -2.41. The standard InChI is InChI=1S/C23H30ClN5O/c1-25-22(29-14-12-28(13-15-29)21-8-4-5-11-26-21)27-18-23(9-16-30-17-10-23)19-6-2-3-7-20(19)24/h2-8,11H,9-10,12-18H2,1H3,(H,25,27). The average molecular weight is 428 g/mol. The van der Waals surface area contributed by atoms with Gasteiger partial charge in [-0.3, -0.25) is 4.99 Å². The Morgan fingerprint density at radius 2 is 1.83 bits per heavy atom. The second kappa shape index (κ2) is 9.67. The molecule has 4 rings (SSSR count). The van der Waals surface area contributed by atoms with Crippen molar-refractivity contribution in [3.8, 4) is 0 Å². The molecule has 3 heterocycles. The number of piperazine rings is 1. The fraction of sp³-hybridized carbons (Fsp3) is 0.478. The van der Waals surface area contributed by atoms with Gasteiger partial charge in [-0.15, -0.1) is 0 Å². The molecule has 0 aliphatic carbocycles. The summed E-state index contributed by atoms with van der Waals surface area (Å²) in [6.45, 7) is 6.01. The van der Waals surface area contributed by atoms with Crippen molar-refractivity contribution < 1.29 is 4.74 Å². The first-order chi connectivity index (χ1) is 14.7. The van der Waals surface area contributed by atoms with Crippen molar-refractivity contribution in [2.75, 3.05) is 57.9 Å². The van der Waals surface area contributed by atoms with E-state index in [-0.39, 0.29) is 5.41 Å². The van der Waals surface area contributed by atoms with Crippen LogP contribution in [0.5, 0.6) is 0 Å². The van der Waals surface area contributed by atoms with Crippen LogP contribution < -0.4 is 10.2 Å². The van der Waals surface area contributed by atoms with Crippen LogP contribution in [0, 0.1) is 0 Å². The van der Waals surface area contributed by atoms with Crippen LogP contribution in [0.15, 0.2) is 53.7 Å². The second-order valence-corrected chi connectivity index (χ2v) is 8.34. The van der Waals surface area contributed by atoms with Gasteiger partial charge in [0.1, 0.15) is 5.82 Å². The number of ether oxygens (including phenoxy) is 1. The predicted octanol–water partition coefficient (Wildman–Crippen LogP) is 3.18. The van der Waals surface area contributed by atoms with Gasteiger partial charge in [0, 0.05) is 69.6 Å². The van der Waals surface area contributed by atoms with Crippen molar-refractivity contribution in [3.63, 3.8) is 0 Å². The van der Waals surface area contributed by atoms with Crippen molar-refractivity contribution in [2.45, 2.75) is 18.3 Å². The first-order valence-corrected chi connectivity index (χ1v) is 11.0. The minimum atomic E-state index is -0.0394. The molecule has 1 N–H and O–H groups in total. The van der Waals surface area contributed by atoms with Crippen LogP contribution in [-0.2, 0) is 10.2 Å². The molecule has 7 heteroatoms. The van der Waals surface area contributed by atoms with E-state index in [4.69, 9.17) is 16.3 Å². The number of nitrogens with one attached hydrogen (secondary N) is 1. The zero-order valence-electron chi connectivity index (χ0n) is 17.6. The van der Waals surface area contributed by atoms with Gasteiger partial charge >= 0.3 is 0 Å². The molecule has 1 aromatic heterocycles. The first-order valence-electron chi connectivity index (χ1n) is 10.7. The lowest BCUT2D eigenvalue weighted by Crippen LogP contribution is -2.55. The van der Waals surface area contributed by atoms with Crippen LogP contribution in [0.2, 0.25) is 5.02 Å². The van der Waals surface area contributed by atoms with Gasteiger partial charge in [-0.05, 0) is 36.6 Å². The molecule has 2 aliphatic heterocycles. The molecule has 6 nitrogen and oxygen atoms in total. The second-order valence-electron chi connectivity index (χ2n) is 7.94. The minimum absolute atomic E-state index is 0.0394. The summed E-state index contributed by atoms with van der Waals surface area (Å²) in [5.74, 6) is 1.99. The molecule has 2 aromatic rings. The Hall–Kier alpha value is -2.31. The SMILES string of the molecule is CN=C(NCC1(c2ccccc2Cl)CCOCC1)N1CCN(c2ccccn2)CC1. The summed E-state index contributed by atoms with van der Waals surface area (Å²) in [5, 5.41) is 4.49. The highest BCUT2D eigenvalue weighted by Gasteiger charge is 2.36. The normalized spacial score (nSPS) is 19.6. The van der Waals surface area contributed by atoms with Crippen LogP contribution in [0.4, 0.5) is 5.82 Å². The number of halogens is 1. The molecule has 2 fully saturated rings. The van der Waals surface area contributed by atoms with E-state index in [2.05, 4.69) is 43.3 Å². The fourth-order valence-electron chi connectivity index (χ4n) is 4.46. The average Bonchev–Trinajstić information content (AvgIpc) is 2.81. The molecule has 0 unspecified atom stereocenters. The monoisotopic (exact) mass is 427 g/mol. The molecular formula is C23H30ClN5O. The van der Waals surface area contributed by atoms with E-state index in [1.165, 1.54) is 5.56 Å². The van der Waals surface area contributed by atoms with Gasteiger partial charge in [0.25, 0.3) is 0 Å². The largest absolute Gasteiger partial charge is 0.381 e. The number of hydrogen-bond acceptors (Lipinski definition) is 4. The Kier molecular flexibility index (Phi) is 6.75. The third-order valence-electron chi connectivity index (χ3n) is 6.24. The van der Waals surface area contributed by atoms with Crippen molar-refractivity contribution >= 4 is 23.4 Å². The Morgan fingerprint density at radius 3 is 2.50 bits per heavy atom. The first kappa shape index (κ1) is 20.9. The van der Waals surface area contributed by atoms with Gasteiger partial charge in [-0.2, -0.15) is 0 Å². The lowest BCUT2D eigenvalue weighted by atomic mass is 9.74. The summed E-state index contributed by atoms with van der Waals surface area (Å²) < 4.78 is 5.67. The summed E-state index contributed by atoms with van der Waals surface area (Å²) in [5.41, 5.74) is 1.17. The van der Waals surface area contributed by atoms with Crippen LogP contribution in [0.25, 0.3) is 0 Å². The number of rotatable bonds is 4. The van der Waals surface area contributed by atoms with E-state index >= 15 is 0 Å². The number of anilines is 1. The quantitative estimate of drug-likeness (QED) is 0.600. The zero-order chi connectivity index (χ0) is 20.8. The number of hydrogen-bond donors (Lipinski definition) is 1. The van der Waals surface area contributed by atoms with Crippen LogP contribution in [0.3, 0.4) is 0 Å². The number of aromatic nitrogens is 1. The molecule has 0 atom stereocenters. The molecule has 160 valence electrons. The molecule has 0 radical (unpaired) electrons.